The number of rotatable bonds is 5. The van der Waals surface area contributed by atoms with Crippen molar-refractivity contribution in [3.8, 4) is 33.9 Å². The topological polar surface area (TPSA) is 161 Å². The molecule has 0 radical (unpaired) electrons. The SMILES string of the molecule is CS(=O)(=O)O.Cc1ccccc1-c1[nH]c(-c2ccc(F)cc2)nc1-c1ccc2nc(N)n(S(=O)(=O)C(C)C)c2c1. The Kier molecular flexibility index (Phi) is 7.83. The van der Waals surface area contributed by atoms with E-state index in [1.165, 1.54) is 12.1 Å². The Balaban J connectivity index is 0.000000681. The zero-order valence-corrected chi connectivity index (χ0v) is 23.8. The van der Waals surface area contributed by atoms with Crippen LogP contribution in [0.3, 0.4) is 0 Å². The number of benzene rings is 3. The van der Waals surface area contributed by atoms with E-state index in [1.807, 2.05) is 37.3 Å². The standard InChI is InChI=1S/C26H24FN5O2S.CH4O3S/c1-15(2)35(33,34)32-22-14-18(10-13-21(22)29-26(32)28)23-24(20-7-5-4-6-16(20)3)31-25(30-23)17-8-11-19(27)12-9-17;1-5(2,3)4/h4-15H,1-3H3,(H2,28,29)(H,30,31);1H3,(H,2,3,4). The van der Waals surface area contributed by atoms with Crippen LogP contribution >= 0.6 is 0 Å². The monoisotopic (exact) mass is 585 g/mol. The van der Waals surface area contributed by atoms with Crippen LogP contribution in [0.15, 0.2) is 66.7 Å². The molecule has 40 heavy (non-hydrogen) atoms. The number of halogens is 1. The minimum atomic E-state index is -3.74. The first-order valence-corrected chi connectivity index (χ1v) is 15.4. The third kappa shape index (κ3) is 6.06. The summed E-state index contributed by atoms with van der Waals surface area (Å²) in [5.41, 5.74) is 11.7. The second-order valence-electron chi connectivity index (χ2n) is 9.40. The van der Waals surface area contributed by atoms with Crippen LogP contribution in [-0.2, 0) is 20.1 Å². The lowest BCUT2D eigenvalue weighted by atomic mass is 10.0. The average Bonchev–Trinajstić information content (AvgIpc) is 3.44. The molecule has 3 aromatic carbocycles. The quantitative estimate of drug-likeness (QED) is 0.246. The molecular weight excluding hydrogens is 557 g/mol. The number of aromatic nitrogens is 4. The van der Waals surface area contributed by atoms with E-state index in [0.29, 0.717) is 34.4 Å². The van der Waals surface area contributed by atoms with Gasteiger partial charge in [0.25, 0.3) is 10.1 Å². The molecule has 4 N–H and O–H groups in total. The van der Waals surface area contributed by atoms with E-state index in [2.05, 4.69) is 9.97 Å². The van der Waals surface area contributed by atoms with E-state index in [0.717, 1.165) is 26.4 Å². The number of anilines is 1. The number of imidazole rings is 2. The lowest BCUT2D eigenvalue weighted by molar-refractivity contribution is 0.490. The molecule has 0 aliphatic rings. The van der Waals surface area contributed by atoms with Gasteiger partial charge in [0.1, 0.15) is 11.6 Å². The smallest absolute Gasteiger partial charge is 0.261 e. The molecule has 0 saturated heterocycles. The highest BCUT2D eigenvalue weighted by molar-refractivity contribution is 7.90. The van der Waals surface area contributed by atoms with Crippen molar-refractivity contribution >= 4 is 37.1 Å². The minimum Gasteiger partial charge on any atom is -0.368 e. The Bertz CT molecular complexity index is 1900. The van der Waals surface area contributed by atoms with Crippen molar-refractivity contribution < 1.29 is 25.8 Å². The average molecular weight is 586 g/mol. The molecule has 0 amide bonds. The first-order valence-electron chi connectivity index (χ1n) is 12.0. The predicted molar refractivity (Wildman–Crippen MR) is 154 cm³/mol. The van der Waals surface area contributed by atoms with Gasteiger partial charge in [-0.25, -0.2) is 26.7 Å². The molecule has 0 saturated carbocycles. The number of nitrogens with zero attached hydrogens (tertiary/aromatic N) is 3. The summed E-state index contributed by atoms with van der Waals surface area (Å²) in [6.07, 6.45) is 0.715. The van der Waals surface area contributed by atoms with Crippen LogP contribution in [0.4, 0.5) is 10.3 Å². The van der Waals surface area contributed by atoms with Crippen LogP contribution in [0.2, 0.25) is 0 Å². The lowest BCUT2D eigenvalue weighted by Gasteiger charge is -2.11. The Hall–Kier alpha value is -4.07. The van der Waals surface area contributed by atoms with Crippen LogP contribution in [0.25, 0.3) is 44.9 Å². The summed E-state index contributed by atoms with van der Waals surface area (Å²) in [6.45, 7) is 5.21. The number of nitrogen functional groups attached to an aromatic ring is 1. The van der Waals surface area contributed by atoms with Gasteiger partial charge in [-0.05, 0) is 62.7 Å². The van der Waals surface area contributed by atoms with Gasteiger partial charge < -0.3 is 10.7 Å². The number of hydrogen-bond donors (Lipinski definition) is 3. The van der Waals surface area contributed by atoms with Crippen LogP contribution in [0.5, 0.6) is 0 Å². The van der Waals surface area contributed by atoms with Crippen molar-refractivity contribution in [3.05, 3.63) is 78.1 Å². The Labute approximate surface area is 231 Å². The number of hydrogen-bond acceptors (Lipinski definition) is 7. The molecule has 13 heteroatoms. The Morgan fingerprint density at radius 1 is 0.950 bits per heavy atom. The first-order chi connectivity index (χ1) is 18.7. The number of fused-ring (bicyclic) bond motifs is 1. The molecule has 0 aliphatic carbocycles. The van der Waals surface area contributed by atoms with Gasteiger partial charge >= 0.3 is 0 Å². The van der Waals surface area contributed by atoms with E-state index < -0.39 is 25.4 Å². The fourth-order valence-corrected chi connectivity index (χ4v) is 5.22. The van der Waals surface area contributed by atoms with Gasteiger partial charge in [0.15, 0.2) is 0 Å². The molecule has 2 aromatic heterocycles. The number of nitrogens with two attached hydrogens (primary N) is 1. The molecule has 2 heterocycles. The lowest BCUT2D eigenvalue weighted by Crippen LogP contribution is -2.23. The normalized spacial score (nSPS) is 12.0. The van der Waals surface area contributed by atoms with Crippen LogP contribution in [0.1, 0.15) is 19.4 Å². The highest BCUT2D eigenvalue weighted by Crippen LogP contribution is 2.36. The van der Waals surface area contributed by atoms with Crippen molar-refractivity contribution in [2.45, 2.75) is 26.0 Å². The van der Waals surface area contributed by atoms with Crippen molar-refractivity contribution in [1.82, 2.24) is 18.9 Å². The van der Waals surface area contributed by atoms with Crippen molar-refractivity contribution in [3.63, 3.8) is 0 Å². The van der Waals surface area contributed by atoms with E-state index >= 15 is 0 Å². The summed E-state index contributed by atoms with van der Waals surface area (Å²) in [6, 6.07) is 19.3. The Morgan fingerprint density at radius 2 is 1.55 bits per heavy atom. The van der Waals surface area contributed by atoms with Crippen LogP contribution < -0.4 is 5.73 Å². The summed E-state index contributed by atoms with van der Waals surface area (Å²) < 4.78 is 66.5. The van der Waals surface area contributed by atoms with Gasteiger partial charge in [-0.2, -0.15) is 8.42 Å². The molecule has 210 valence electrons. The fraction of sp³-hybridized carbons (Fsp3) is 0.185. The second kappa shape index (κ2) is 10.8. The molecule has 0 fully saturated rings. The van der Waals surface area contributed by atoms with Crippen molar-refractivity contribution in [1.29, 1.82) is 0 Å². The number of aromatic amines is 1. The third-order valence-electron chi connectivity index (χ3n) is 6.00. The highest BCUT2D eigenvalue weighted by Gasteiger charge is 2.25. The number of H-pyrrole nitrogens is 1. The van der Waals surface area contributed by atoms with E-state index in [-0.39, 0.29) is 11.8 Å². The van der Waals surface area contributed by atoms with Crippen LogP contribution in [0, 0.1) is 12.7 Å². The summed E-state index contributed by atoms with van der Waals surface area (Å²) in [4.78, 5) is 12.5. The zero-order chi connectivity index (χ0) is 29.4. The number of nitrogens with one attached hydrogen (secondary N) is 1. The molecule has 0 spiro atoms. The summed E-state index contributed by atoms with van der Waals surface area (Å²) in [7, 11) is -7.40. The molecule has 5 rings (SSSR count). The summed E-state index contributed by atoms with van der Waals surface area (Å²) >= 11 is 0. The molecule has 10 nitrogen and oxygen atoms in total. The maximum Gasteiger partial charge on any atom is 0.261 e. The van der Waals surface area contributed by atoms with E-state index in [1.54, 1.807) is 38.1 Å². The van der Waals surface area contributed by atoms with Gasteiger partial charge in [-0.1, -0.05) is 30.3 Å². The molecule has 0 bridgehead atoms. The summed E-state index contributed by atoms with van der Waals surface area (Å²) in [5, 5.41) is -0.677. The van der Waals surface area contributed by atoms with Crippen LogP contribution in [-0.4, -0.2) is 51.8 Å². The third-order valence-corrected chi connectivity index (χ3v) is 8.08. The van der Waals surface area contributed by atoms with E-state index in [9.17, 15) is 21.2 Å². The van der Waals surface area contributed by atoms with Gasteiger partial charge in [0.2, 0.25) is 16.0 Å². The maximum absolute atomic E-state index is 13.5. The summed E-state index contributed by atoms with van der Waals surface area (Å²) in [5.74, 6) is 0.155. The number of aryl methyl sites for hydroxylation is 1. The highest BCUT2D eigenvalue weighted by atomic mass is 32.2. The molecule has 5 aromatic rings. The van der Waals surface area contributed by atoms with Crippen molar-refractivity contribution in [2.75, 3.05) is 12.0 Å². The first kappa shape index (κ1) is 28.9. The molecular formula is C27H28FN5O5S2. The molecule has 0 atom stereocenters. The molecule has 0 aliphatic heterocycles. The zero-order valence-electron chi connectivity index (χ0n) is 22.1. The maximum atomic E-state index is 13.5. The van der Waals surface area contributed by atoms with Gasteiger partial charge in [0, 0.05) is 16.7 Å². The second-order valence-corrected chi connectivity index (χ2v) is 13.2. The van der Waals surface area contributed by atoms with Gasteiger partial charge in [-0.3, -0.25) is 4.55 Å². The predicted octanol–water partition coefficient (Wildman–Crippen LogP) is 4.88. The van der Waals surface area contributed by atoms with Gasteiger partial charge in [0.05, 0.1) is 33.9 Å². The van der Waals surface area contributed by atoms with Crippen molar-refractivity contribution in [2.24, 2.45) is 0 Å². The fourth-order valence-electron chi connectivity index (χ4n) is 4.07. The molecule has 0 unspecified atom stereocenters. The minimum absolute atomic E-state index is 0.0843. The van der Waals surface area contributed by atoms with Gasteiger partial charge in [-0.15, -0.1) is 0 Å². The van der Waals surface area contributed by atoms with E-state index in [4.69, 9.17) is 15.3 Å². The largest absolute Gasteiger partial charge is 0.368 e. The Morgan fingerprint density at radius 3 is 2.15 bits per heavy atom.